The van der Waals surface area contributed by atoms with Crippen LogP contribution in [0.1, 0.15) is 77.4 Å². The molecule has 3 saturated heterocycles. The number of amides is 3. The fraction of sp³-hybridized carbons (Fsp3) is 0.611. The first-order chi connectivity index (χ1) is 22.1. The molecular weight excluding hydrogens is 586 g/mol. The minimum absolute atomic E-state index is 0.101. The summed E-state index contributed by atoms with van der Waals surface area (Å²) in [5.41, 5.74) is -0.486. The molecule has 0 aliphatic carbocycles. The minimum Gasteiger partial charge on any atom is -0.455 e. The highest BCUT2D eigenvalue weighted by molar-refractivity contribution is 5.98. The number of allylic oxidation sites excluding steroid dienone is 1. The van der Waals surface area contributed by atoms with E-state index >= 15 is 0 Å². The van der Waals surface area contributed by atoms with Crippen molar-refractivity contribution >= 4 is 23.7 Å². The summed E-state index contributed by atoms with van der Waals surface area (Å²) in [4.78, 5) is 60.6. The summed E-state index contributed by atoms with van der Waals surface area (Å²) in [7, 11) is 1.69. The van der Waals surface area contributed by atoms with E-state index in [-0.39, 0.29) is 30.7 Å². The molecule has 3 fully saturated rings. The third-order valence-electron chi connectivity index (χ3n) is 10.1. The van der Waals surface area contributed by atoms with Gasteiger partial charge in [0.2, 0.25) is 17.7 Å². The van der Waals surface area contributed by atoms with Gasteiger partial charge in [-0.3, -0.25) is 19.2 Å². The fourth-order valence-electron chi connectivity index (χ4n) is 7.50. The zero-order valence-electron chi connectivity index (χ0n) is 27.8. The number of esters is 1. The van der Waals surface area contributed by atoms with Gasteiger partial charge in [-0.2, -0.15) is 0 Å². The molecule has 3 aliphatic heterocycles. The van der Waals surface area contributed by atoms with E-state index in [1.165, 1.54) is 4.90 Å². The molecule has 3 heterocycles. The molecule has 1 spiro atoms. The molecule has 1 aromatic carbocycles. The Kier molecular flexibility index (Phi) is 11.8. The molecule has 1 aromatic rings. The van der Waals surface area contributed by atoms with Gasteiger partial charge < -0.3 is 29.3 Å². The number of likely N-dealkylation sites (tertiary alicyclic amines) is 1. The van der Waals surface area contributed by atoms with Crippen molar-refractivity contribution in [1.82, 2.24) is 14.7 Å². The number of benzene rings is 1. The Labute approximate surface area is 273 Å². The van der Waals surface area contributed by atoms with Crippen molar-refractivity contribution in [2.75, 3.05) is 26.7 Å². The van der Waals surface area contributed by atoms with Crippen LogP contribution in [0.15, 0.2) is 55.6 Å². The highest BCUT2D eigenvalue weighted by atomic mass is 16.6. The normalized spacial score (nSPS) is 26.6. The van der Waals surface area contributed by atoms with Crippen molar-refractivity contribution in [3.05, 3.63) is 61.2 Å². The van der Waals surface area contributed by atoms with E-state index in [9.17, 15) is 24.3 Å². The van der Waals surface area contributed by atoms with Crippen molar-refractivity contribution in [2.24, 2.45) is 11.8 Å². The molecule has 3 amide bonds. The van der Waals surface area contributed by atoms with E-state index in [1.54, 1.807) is 35.9 Å². The average Bonchev–Trinajstić information content (AvgIpc) is 3.72. The monoisotopic (exact) mass is 637 g/mol. The van der Waals surface area contributed by atoms with Gasteiger partial charge in [-0.1, -0.05) is 62.2 Å². The van der Waals surface area contributed by atoms with Gasteiger partial charge in [-0.25, -0.2) is 0 Å². The third kappa shape index (κ3) is 6.65. The van der Waals surface area contributed by atoms with Crippen LogP contribution in [0, 0.1) is 11.8 Å². The molecule has 2 bridgehead atoms. The van der Waals surface area contributed by atoms with Gasteiger partial charge in [-0.15, -0.1) is 13.2 Å². The van der Waals surface area contributed by atoms with Gasteiger partial charge >= 0.3 is 5.97 Å². The van der Waals surface area contributed by atoms with E-state index in [0.717, 1.165) is 24.8 Å². The number of likely N-dealkylation sites (N-methyl/N-ethyl adjacent to an activating group) is 1. The molecule has 0 unspecified atom stereocenters. The predicted molar refractivity (Wildman–Crippen MR) is 174 cm³/mol. The zero-order chi connectivity index (χ0) is 33.6. The SMILES string of the molecule is C=CCCC(=O)N(C)[C@@H](C)[C@@H](OC(=O)[C@@H]1[C@H]2C(=O)N([C@H](C)CO)[C@H](C(=O)N(CC=C)CCCCC)[C@]23CC[C@H]1O3)c1ccccc1. The third-order valence-corrected chi connectivity index (χ3v) is 10.1. The maximum absolute atomic E-state index is 14.3. The number of nitrogens with zero attached hydrogens (tertiary/aromatic N) is 3. The lowest BCUT2D eigenvalue weighted by Crippen LogP contribution is -2.58. The Morgan fingerprint density at radius 1 is 1.17 bits per heavy atom. The number of carbonyl (C=O) groups is 4. The number of fused-ring (bicyclic) bond motifs is 1. The standard InChI is InChI=1S/C36H51N3O7/c1-7-10-15-22-38(21-9-3)34(43)32-36-20-19-27(46-36)29(30(36)33(42)39(32)24(4)23-40)35(44)45-31(26-16-13-12-14-17-26)25(5)37(6)28(41)18-11-8-2/h8-9,12-14,16-17,24-25,27,29-32,40H,2-3,7,10-11,15,18-23H2,1,4-6H3/t24-,25+,27-,29+,30+,31-,32-,36+/m1/s1. The topological polar surface area (TPSA) is 117 Å². The molecule has 8 atom stereocenters. The number of unbranched alkanes of at least 4 members (excludes halogenated alkanes) is 2. The molecule has 4 rings (SSSR count). The number of aliphatic hydroxyl groups excluding tert-OH is 1. The van der Waals surface area contributed by atoms with Gasteiger partial charge in [0.1, 0.15) is 17.7 Å². The highest BCUT2D eigenvalue weighted by Crippen LogP contribution is 2.59. The maximum atomic E-state index is 14.3. The second-order valence-electron chi connectivity index (χ2n) is 13.0. The lowest BCUT2D eigenvalue weighted by Gasteiger charge is -2.38. The lowest BCUT2D eigenvalue weighted by molar-refractivity contribution is -0.165. The van der Waals surface area contributed by atoms with Crippen LogP contribution in [0.25, 0.3) is 0 Å². The zero-order valence-corrected chi connectivity index (χ0v) is 27.8. The summed E-state index contributed by atoms with van der Waals surface area (Å²) in [5, 5.41) is 10.2. The van der Waals surface area contributed by atoms with Crippen LogP contribution < -0.4 is 0 Å². The molecule has 1 N–H and O–H groups in total. The molecule has 46 heavy (non-hydrogen) atoms. The van der Waals surface area contributed by atoms with Crippen LogP contribution in [-0.4, -0.2) is 100 Å². The van der Waals surface area contributed by atoms with Gasteiger partial charge in [0.15, 0.2) is 0 Å². The van der Waals surface area contributed by atoms with Gasteiger partial charge in [0.05, 0.1) is 36.6 Å². The summed E-state index contributed by atoms with van der Waals surface area (Å²) in [6.45, 7) is 13.7. The Balaban J connectivity index is 1.67. The lowest BCUT2D eigenvalue weighted by atomic mass is 9.70. The van der Waals surface area contributed by atoms with Gasteiger partial charge in [0, 0.05) is 26.6 Å². The largest absolute Gasteiger partial charge is 0.455 e. The number of ether oxygens (including phenoxy) is 2. The molecule has 0 saturated carbocycles. The van der Waals surface area contributed by atoms with Gasteiger partial charge in [-0.05, 0) is 45.1 Å². The first-order valence-electron chi connectivity index (χ1n) is 16.7. The van der Waals surface area contributed by atoms with E-state index in [2.05, 4.69) is 20.1 Å². The van der Waals surface area contributed by atoms with Crippen molar-refractivity contribution < 1.29 is 33.8 Å². The molecule has 10 nitrogen and oxygen atoms in total. The molecular formula is C36H51N3O7. The van der Waals surface area contributed by atoms with E-state index in [1.807, 2.05) is 37.3 Å². The second-order valence-corrected chi connectivity index (χ2v) is 13.0. The van der Waals surface area contributed by atoms with E-state index < -0.39 is 53.7 Å². The average molecular weight is 638 g/mol. The Bertz CT molecular complexity index is 1270. The van der Waals surface area contributed by atoms with Crippen LogP contribution in [0.5, 0.6) is 0 Å². The van der Waals surface area contributed by atoms with E-state index in [4.69, 9.17) is 9.47 Å². The van der Waals surface area contributed by atoms with Crippen LogP contribution in [0.4, 0.5) is 0 Å². The fourth-order valence-corrected chi connectivity index (χ4v) is 7.50. The first-order valence-corrected chi connectivity index (χ1v) is 16.7. The van der Waals surface area contributed by atoms with Crippen molar-refractivity contribution in [2.45, 2.75) is 102 Å². The Hall–Kier alpha value is -3.50. The molecule has 3 aliphatic rings. The smallest absolute Gasteiger partial charge is 0.313 e. The molecule has 0 aromatic heterocycles. The summed E-state index contributed by atoms with van der Waals surface area (Å²) >= 11 is 0. The molecule has 252 valence electrons. The van der Waals surface area contributed by atoms with Crippen LogP contribution in [0.2, 0.25) is 0 Å². The highest BCUT2D eigenvalue weighted by Gasteiger charge is 2.75. The summed E-state index contributed by atoms with van der Waals surface area (Å²) in [5.74, 6) is -3.18. The van der Waals surface area contributed by atoms with Crippen LogP contribution in [-0.2, 0) is 28.7 Å². The predicted octanol–water partition coefficient (Wildman–Crippen LogP) is 4.04. The van der Waals surface area contributed by atoms with E-state index in [0.29, 0.717) is 32.4 Å². The summed E-state index contributed by atoms with van der Waals surface area (Å²) < 4.78 is 12.9. The molecule has 10 heteroatoms. The number of hydrogen-bond donors (Lipinski definition) is 1. The number of aliphatic hydroxyl groups is 1. The number of hydrogen-bond acceptors (Lipinski definition) is 7. The van der Waals surface area contributed by atoms with Gasteiger partial charge in [0.25, 0.3) is 0 Å². The second kappa shape index (κ2) is 15.4. The minimum atomic E-state index is -1.21. The Morgan fingerprint density at radius 3 is 2.52 bits per heavy atom. The Morgan fingerprint density at radius 2 is 1.89 bits per heavy atom. The number of rotatable bonds is 17. The first kappa shape index (κ1) is 35.4. The molecule has 0 radical (unpaired) electrons. The van der Waals surface area contributed by atoms with Crippen LogP contribution >= 0.6 is 0 Å². The maximum Gasteiger partial charge on any atom is 0.313 e. The summed E-state index contributed by atoms with van der Waals surface area (Å²) in [6.07, 6.45) is 6.49. The number of carbonyl (C=O) groups excluding carboxylic acids is 4. The quantitative estimate of drug-likeness (QED) is 0.156. The van der Waals surface area contributed by atoms with Crippen molar-refractivity contribution in [3.8, 4) is 0 Å². The van der Waals surface area contributed by atoms with Crippen molar-refractivity contribution in [1.29, 1.82) is 0 Å². The summed E-state index contributed by atoms with van der Waals surface area (Å²) in [6, 6.07) is 7.11. The van der Waals surface area contributed by atoms with Crippen LogP contribution in [0.3, 0.4) is 0 Å². The van der Waals surface area contributed by atoms with Crippen molar-refractivity contribution in [3.63, 3.8) is 0 Å².